The lowest BCUT2D eigenvalue weighted by atomic mass is 10.2. The van der Waals surface area contributed by atoms with Crippen LogP contribution in [0.1, 0.15) is 19.3 Å². The summed E-state index contributed by atoms with van der Waals surface area (Å²) in [6.07, 6.45) is 2.11. The first-order chi connectivity index (χ1) is 13.3. The first-order valence-corrected chi connectivity index (χ1v) is 11.1. The number of rotatable bonds is 7. The number of unbranched alkanes of at least 4 members (excludes halogenated alkanes) is 1. The van der Waals surface area contributed by atoms with Gasteiger partial charge in [-0.25, -0.2) is 0 Å². The van der Waals surface area contributed by atoms with E-state index in [0.717, 1.165) is 12.8 Å². The standard InChI is InChI=1S/C24H25O2P/c1-26-24(25)19-11-12-20-27(21-13-5-2-6-14-21,22-15-7-3-8-16-22)23-17-9-4-10-18-23/h2-10,13-18,20H,11-12,19H2,1H3. The number of esters is 1. The molecule has 3 rings (SSSR count). The van der Waals surface area contributed by atoms with E-state index in [1.165, 1.54) is 23.0 Å². The zero-order chi connectivity index (χ0) is 19.0. The lowest BCUT2D eigenvalue weighted by molar-refractivity contribution is -0.140. The van der Waals surface area contributed by atoms with Crippen LogP contribution in [0.4, 0.5) is 0 Å². The number of methoxy groups -OCH3 is 1. The summed E-state index contributed by atoms with van der Waals surface area (Å²) in [4.78, 5) is 11.5. The fourth-order valence-corrected chi connectivity index (χ4v) is 7.41. The summed E-state index contributed by atoms with van der Waals surface area (Å²) in [6.45, 7) is -1.90. The molecule has 0 radical (unpaired) electrons. The number of ether oxygens (including phenoxy) is 1. The van der Waals surface area contributed by atoms with Gasteiger partial charge < -0.3 is 4.74 Å². The molecule has 0 N–H and O–H groups in total. The second-order valence-corrected chi connectivity index (χ2v) is 9.74. The van der Waals surface area contributed by atoms with E-state index in [2.05, 4.69) is 96.8 Å². The monoisotopic (exact) mass is 376 g/mol. The number of carbonyl (C=O) groups excluding carboxylic acids is 1. The second-order valence-electron chi connectivity index (χ2n) is 6.38. The fraction of sp³-hybridized carbons (Fsp3) is 0.167. The van der Waals surface area contributed by atoms with Crippen LogP contribution in [-0.2, 0) is 9.53 Å². The quantitative estimate of drug-likeness (QED) is 0.352. The fourth-order valence-electron chi connectivity index (χ4n) is 3.39. The number of benzene rings is 3. The third-order valence-corrected chi connectivity index (χ3v) is 8.85. The molecular weight excluding hydrogens is 351 g/mol. The van der Waals surface area contributed by atoms with Crippen LogP contribution in [0.3, 0.4) is 0 Å². The minimum absolute atomic E-state index is 0.147. The van der Waals surface area contributed by atoms with Crippen LogP contribution in [0.2, 0.25) is 0 Å². The van der Waals surface area contributed by atoms with Crippen LogP contribution in [0.15, 0.2) is 91.0 Å². The van der Waals surface area contributed by atoms with Crippen LogP contribution >= 0.6 is 6.89 Å². The third kappa shape index (κ3) is 4.40. The van der Waals surface area contributed by atoms with E-state index in [9.17, 15) is 4.79 Å². The summed E-state index contributed by atoms with van der Waals surface area (Å²) in [6, 6.07) is 32.2. The van der Waals surface area contributed by atoms with Crippen molar-refractivity contribution in [3.05, 3.63) is 91.0 Å². The second kappa shape index (κ2) is 9.39. The van der Waals surface area contributed by atoms with Gasteiger partial charge in [-0.3, -0.25) is 4.79 Å². The Morgan fingerprint density at radius 2 is 1.19 bits per heavy atom. The van der Waals surface area contributed by atoms with Gasteiger partial charge in [0.05, 0.1) is 7.11 Å². The molecule has 0 bridgehead atoms. The van der Waals surface area contributed by atoms with Crippen LogP contribution in [0, 0.1) is 0 Å². The average Bonchev–Trinajstić information content (AvgIpc) is 2.75. The van der Waals surface area contributed by atoms with E-state index < -0.39 is 6.89 Å². The Morgan fingerprint density at radius 3 is 1.56 bits per heavy atom. The molecule has 0 fully saturated rings. The van der Waals surface area contributed by atoms with Crippen LogP contribution in [-0.4, -0.2) is 18.9 Å². The molecule has 0 amide bonds. The predicted molar refractivity (Wildman–Crippen MR) is 117 cm³/mol. The van der Waals surface area contributed by atoms with Gasteiger partial charge in [0.25, 0.3) is 0 Å². The van der Waals surface area contributed by atoms with E-state index in [1.807, 2.05) is 0 Å². The first kappa shape index (κ1) is 19.2. The van der Waals surface area contributed by atoms with Gasteiger partial charge in [-0.1, -0.05) is 96.8 Å². The van der Waals surface area contributed by atoms with Crippen molar-refractivity contribution in [2.24, 2.45) is 0 Å². The maximum absolute atomic E-state index is 11.5. The van der Waals surface area contributed by atoms with E-state index >= 15 is 0 Å². The van der Waals surface area contributed by atoms with Gasteiger partial charge in [-0.05, 0) is 35.6 Å². The Hall–Kier alpha value is -2.57. The molecule has 0 spiro atoms. The molecule has 0 heterocycles. The smallest absolute Gasteiger partial charge is 0.305 e. The Bertz CT molecular complexity index is 799. The van der Waals surface area contributed by atoms with Gasteiger partial charge >= 0.3 is 5.97 Å². The molecule has 3 aromatic rings. The molecule has 3 aromatic carbocycles. The molecule has 0 aliphatic carbocycles. The SMILES string of the molecule is COC(=O)CCCC=P(c1ccccc1)(c1ccccc1)c1ccccc1. The largest absolute Gasteiger partial charge is 0.469 e. The zero-order valence-corrected chi connectivity index (χ0v) is 16.5. The molecule has 0 saturated carbocycles. The molecule has 0 saturated heterocycles. The Kier molecular flexibility index (Phi) is 6.68. The van der Waals surface area contributed by atoms with Gasteiger partial charge in [0.15, 0.2) is 0 Å². The van der Waals surface area contributed by atoms with Gasteiger partial charge in [-0.2, -0.15) is 0 Å². The van der Waals surface area contributed by atoms with Gasteiger partial charge in [-0.15, -0.1) is 0 Å². The lowest BCUT2D eigenvalue weighted by Crippen LogP contribution is -2.27. The maximum Gasteiger partial charge on any atom is 0.305 e. The maximum atomic E-state index is 11.5. The molecule has 3 heteroatoms. The van der Waals surface area contributed by atoms with Crippen LogP contribution in [0.25, 0.3) is 0 Å². The Morgan fingerprint density at radius 1 is 0.778 bits per heavy atom. The Balaban J connectivity index is 2.15. The highest BCUT2D eigenvalue weighted by Crippen LogP contribution is 2.44. The van der Waals surface area contributed by atoms with E-state index in [4.69, 9.17) is 4.74 Å². The minimum Gasteiger partial charge on any atom is -0.469 e. The van der Waals surface area contributed by atoms with Crippen LogP contribution in [0.5, 0.6) is 0 Å². The molecule has 138 valence electrons. The van der Waals surface area contributed by atoms with Crippen molar-refractivity contribution < 1.29 is 9.53 Å². The average molecular weight is 376 g/mol. The van der Waals surface area contributed by atoms with Crippen molar-refractivity contribution in [1.29, 1.82) is 0 Å². The number of hydrogen-bond donors (Lipinski definition) is 0. The number of carbonyl (C=O) groups is 1. The summed E-state index contributed by atoms with van der Waals surface area (Å²) < 4.78 is 4.79. The van der Waals surface area contributed by atoms with Crippen LogP contribution < -0.4 is 15.9 Å². The zero-order valence-electron chi connectivity index (χ0n) is 15.6. The van der Waals surface area contributed by atoms with Crippen molar-refractivity contribution in [2.45, 2.75) is 19.3 Å². The molecular formula is C24H25O2P. The van der Waals surface area contributed by atoms with E-state index in [1.54, 1.807) is 0 Å². The summed E-state index contributed by atoms with van der Waals surface area (Å²) in [5.41, 5.74) is 0. The summed E-state index contributed by atoms with van der Waals surface area (Å²) in [7, 11) is 1.45. The van der Waals surface area contributed by atoms with Gasteiger partial charge in [0, 0.05) is 6.42 Å². The summed E-state index contributed by atoms with van der Waals surface area (Å²) >= 11 is 0. The van der Waals surface area contributed by atoms with E-state index in [-0.39, 0.29) is 5.97 Å². The van der Waals surface area contributed by atoms with Crippen molar-refractivity contribution >= 4 is 34.6 Å². The van der Waals surface area contributed by atoms with Crippen molar-refractivity contribution in [3.8, 4) is 0 Å². The highest BCUT2D eigenvalue weighted by Gasteiger charge is 2.24. The van der Waals surface area contributed by atoms with E-state index in [0.29, 0.717) is 6.42 Å². The number of hydrogen-bond acceptors (Lipinski definition) is 2. The highest BCUT2D eigenvalue weighted by molar-refractivity contribution is 7.94. The molecule has 27 heavy (non-hydrogen) atoms. The molecule has 0 atom stereocenters. The molecule has 0 aliphatic rings. The van der Waals surface area contributed by atoms with Gasteiger partial charge in [0.2, 0.25) is 0 Å². The summed E-state index contributed by atoms with van der Waals surface area (Å²) in [5.74, 6) is 2.31. The lowest BCUT2D eigenvalue weighted by Gasteiger charge is -2.29. The molecule has 0 aromatic heterocycles. The molecule has 0 unspecified atom stereocenters. The predicted octanol–water partition coefficient (Wildman–Crippen LogP) is 4.13. The topological polar surface area (TPSA) is 26.3 Å². The molecule has 2 nitrogen and oxygen atoms in total. The highest BCUT2D eigenvalue weighted by atomic mass is 31.2. The first-order valence-electron chi connectivity index (χ1n) is 9.24. The normalized spacial score (nSPS) is 11.0. The molecule has 0 aliphatic heterocycles. The minimum atomic E-state index is -1.90. The van der Waals surface area contributed by atoms with Crippen molar-refractivity contribution in [2.75, 3.05) is 7.11 Å². The summed E-state index contributed by atoms with van der Waals surface area (Å²) in [5, 5.41) is 4.00. The Labute approximate surface area is 161 Å². The van der Waals surface area contributed by atoms with Crippen molar-refractivity contribution in [3.63, 3.8) is 0 Å². The van der Waals surface area contributed by atoms with Gasteiger partial charge in [0.1, 0.15) is 0 Å². The third-order valence-electron chi connectivity index (χ3n) is 4.71. The van der Waals surface area contributed by atoms with Crippen molar-refractivity contribution in [1.82, 2.24) is 0 Å².